The number of nitrogens with zero attached hydrogens (tertiary/aromatic N) is 2. The van der Waals surface area contributed by atoms with Crippen molar-refractivity contribution in [1.29, 1.82) is 0 Å². The van der Waals surface area contributed by atoms with Gasteiger partial charge in [0.25, 0.3) is 0 Å². The van der Waals surface area contributed by atoms with E-state index in [0.29, 0.717) is 0 Å². The highest BCUT2D eigenvalue weighted by Crippen LogP contribution is 2.20. The molecule has 4 heteroatoms. The Morgan fingerprint density at radius 3 is 2.68 bits per heavy atom. The molecule has 0 fully saturated rings. The Labute approximate surface area is 123 Å². The van der Waals surface area contributed by atoms with E-state index in [4.69, 9.17) is 4.98 Å². The van der Waals surface area contributed by atoms with Crippen molar-refractivity contribution in [3.05, 3.63) is 51.0 Å². The van der Waals surface area contributed by atoms with Crippen molar-refractivity contribution in [3.8, 4) is 0 Å². The second-order valence-corrected chi connectivity index (χ2v) is 5.81. The summed E-state index contributed by atoms with van der Waals surface area (Å²) in [6, 6.07) is 6.42. The molecule has 0 bridgehead atoms. The third kappa shape index (κ3) is 3.07. The van der Waals surface area contributed by atoms with Crippen LogP contribution in [0.15, 0.2) is 22.7 Å². The Hall–Kier alpha value is -1.13. The second-order valence-electron chi connectivity index (χ2n) is 4.90. The smallest absolute Gasteiger partial charge is 0.122 e. The summed E-state index contributed by atoms with van der Waals surface area (Å²) in [4.78, 5) is 4.75. The molecule has 0 saturated carbocycles. The Morgan fingerprint density at radius 2 is 2.05 bits per heavy atom. The molecule has 1 N–H and O–H groups in total. The third-order valence-electron chi connectivity index (χ3n) is 3.57. The van der Waals surface area contributed by atoms with Gasteiger partial charge in [-0.15, -0.1) is 0 Å². The fourth-order valence-corrected chi connectivity index (χ4v) is 2.70. The Morgan fingerprint density at radius 1 is 1.32 bits per heavy atom. The first-order valence-corrected chi connectivity index (χ1v) is 7.23. The van der Waals surface area contributed by atoms with Crippen LogP contribution in [0.1, 0.15) is 28.3 Å². The molecule has 0 aliphatic carbocycles. The van der Waals surface area contributed by atoms with Gasteiger partial charge in [0.05, 0.1) is 12.2 Å². The average Bonchev–Trinajstić information content (AvgIpc) is 2.62. The number of benzene rings is 1. The van der Waals surface area contributed by atoms with Crippen molar-refractivity contribution in [3.63, 3.8) is 0 Å². The summed E-state index contributed by atoms with van der Waals surface area (Å²) in [7, 11) is 4.02. The summed E-state index contributed by atoms with van der Waals surface area (Å²) in [5, 5.41) is 3.16. The lowest BCUT2D eigenvalue weighted by molar-refractivity contribution is 0.700. The van der Waals surface area contributed by atoms with Crippen molar-refractivity contribution >= 4 is 15.9 Å². The quantitative estimate of drug-likeness (QED) is 0.937. The molecule has 19 heavy (non-hydrogen) atoms. The lowest BCUT2D eigenvalue weighted by atomic mass is 10.0. The minimum Gasteiger partial charge on any atom is -0.334 e. The molecule has 1 aromatic carbocycles. The predicted octanol–water partition coefficient (Wildman–Crippen LogP) is 3.11. The largest absolute Gasteiger partial charge is 0.334 e. The Bertz CT molecular complexity index is 587. The molecule has 3 nitrogen and oxygen atoms in total. The lowest BCUT2D eigenvalue weighted by Gasteiger charge is -2.05. The van der Waals surface area contributed by atoms with E-state index in [0.717, 1.165) is 29.0 Å². The van der Waals surface area contributed by atoms with E-state index in [-0.39, 0.29) is 0 Å². The van der Waals surface area contributed by atoms with Crippen LogP contribution in [0.4, 0.5) is 0 Å². The molecule has 0 unspecified atom stereocenters. The van der Waals surface area contributed by atoms with Crippen molar-refractivity contribution in [2.24, 2.45) is 7.05 Å². The fraction of sp³-hybridized carbons (Fsp3) is 0.400. The SMILES string of the molecule is CNCc1nc(Cc2ccc(Br)cc2C)c(C)n1C. The van der Waals surface area contributed by atoms with Crippen LogP contribution in [-0.4, -0.2) is 16.6 Å². The Kier molecular flexibility index (Phi) is 4.42. The van der Waals surface area contributed by atoms with Crippen LogP contribution >= 0.6 is 15.9 Å². The second kappa shape index (κ2) is 5.88. The van der Waals surface area contributed by atoms with Gasteiger partial charge in [-0.3, -0.25) is 0 Å². The maximum atomic E-state index is 4.75. The summed E-state index contributed by atoms with van der Waals surface area (Å²) in [6.45, 7) is 5.08. The molecule has 1 heterocycles. The zero-order valence-electron chi connectivity index (χ0n) is 11.9. The molecule has 0 saturated heterocycles. The van der Waals surface area contributed by atoms with E-state index < -0.39 is 0 Å². The monoisotopic (exact) mass is 321 g/mol. The molecular formula is C15H20BrN3. The van der Waals surface area contributed by atoms with E-state index in [1.165, 1.54) is 16.8 Å². The molecule has 0 radical (unpaired) electrons. The van der Waals surface area contributed by atoms with Crippen molar-refractivity contribution in [2.75, 3.05) is 7.05 Å². The van der Waals surface area contributed by atoms with E-state index in [1.807, 2.05) is 7.05 Å². The highest BCUT2D eigenvalue weighted by molar-refractivity contribution is 9.10. The molecular weight excluding hydrogens is 302 g/mol. The first-order valence-electron chi connectivity index (χ1n) is 6.43. The van der Waals surface area contributed by atoms with Crippen molar-refractivity contribution in [2.45, 2.75) is 26.8 Å². The Balaban J connectivity index is 2.30. The fourth-order valence-electron chi connectivity index (χ4n) is 2.22. The molecule has 0 aliphatic heterocycles. The topological polar surface area (TPSA) is 29.9 Å². The van der Waals surface area contributed by atoms with Crippen LogP contribution in [0.3, 0.4) is 0 Å². The van der Waals surface area contributed by atoms with Gasteiger partial charge in [-0.1, -0.05) is 22.0 Å². The van der Waals surface area contributed by atoms with Gasteiger partial charge in [-0.05, 0) is 44.2 Å². The minimum absolute atomic E-state index is 0.802. The number of aryl methyl sites for hydroxylation is 1. The molecule has 2 aromatic rings. The van der Waals surface area contributed by atoms with Crippen molar-refractivity contribution in [1.82, 2.24) is 14.9 Å². The summed E-state index contributed by atoms with van der Waals surface area (Å²) < 4.78 is 3.29. The molecule has 2 rings (SSSR count). The van der Waals surface area contributed by atoms with Gasteiger partial charge in [-0.25, -0.2) is 4.98 Å². The van der Waals surface area contributed by atoms with Gasteiger partial charge in [0, 0.05) is 23.6 Å². The number of nitrogens with one attached hydrogen (secondary N) is 1. The van der Waals surface area contributed by atoms with Crippen LogP contribution in [0.5, 0.6) is 0 Å². The minimum atomic E-state index is 0.802. The van der Waals surface area contributed by atoms with E-state index in [2.05, 4.69) is 64.9 Å². The summed E-state index contributed by atoms with van der Waals surface area (Å²) in [5.74, 6) is 1.09. The van der Waals surface area contributed by atoms with Crippen LogP contribution in [0.25, 0.3) is 0 Å². The van der Waals surface area contributed by atoms with Crippen LogP contribution < -0.4 is 5.32 Å². The van der Waals surface area contributed by atoms with Gasteiger partial charge in [-0.2, -0.15) is 0 Å². The predicted molar refractivity (Wildman–Crippen MR) is 82.4 cm³/mol. The number of hydrogen-bond acceptors (Lipinski definition) is 2. The lowest BCUT2D eigenvalue weighted by Crippen LogP contribution is -2.10. The van der Waals surface area contributed by atoms with Crippen molar-refractivity contribution < 1.29 is 0 Å². The van der Waals surface area contributed by atoms with Gasteiger partial charge in [0.15, 0.2) is 0 Å². The summed E-state index contributed by atoms with van der Waals surface area (Å²) in [5.41, 5.74) is 5.04. The zero-order valence-corrected chi connectivity index (χ0v) is 13.5. The van der Waals surface area contributed by atoms with Crippen LogP contribution in [0.2, 0.25) is 0 Å². The number of rotatable bonds is 4. The maximum Gasteiger partial charge on any atom is 0.122 e. The summed E-state index contributed by atoms with van der Waals surface area (Å²) >= 11 is 3.50. The van der Waals surface area contributed by atoms with Gasteiger partial charge in [0.1, 0.15) is 5.82 Å². The zero-order chi connectivity index (χ0) is 14.0. The number of halogens is 1. The van der Waals surface area contributed by atoms with Crippen LogP contribution in [0, 0.1) is 13.8 Å². The van der Waals surface area contributed by atoms with E-state index in [9.17, 15) is 0 Å². The molecule has 102 valence electrons. The molecule has 0 spiro atoms. The highest BCUT2D eigenvalue weighted by atomic mass is 79.9. The maximum absolute atomic E-state index is 4.75. The van der Waals surface area contributed by atoms with E-state index in [1.54, 1.807) is 0 Å². The summed E-state index contributed by atoms with van der Waals surface area (Å²) in [6.07, 6.45) is 0.891. The number of aromatic nitrogens is 2. The number of imidazole rings is 1. The first-order chi connectivity index (χ1) is 9.02. The van der Waals surface area contributed by atoms with Gasteiger partial charge in [0.2, 0.25) is 0 Å². The normalized spacial score (nSPS) is 11.0. The molecule has 0 amide bonds. The number of hydrogen-bond donors (Lipinski definition) is 1. The van der Waals surface area contributed by atoms with Gasteiger partial charge >= 0.3 is 0 Å². The highest BCUT2D eigenvalue weighted by Gasteiger charge is 2.12. The molecule has 1 aromatic heterocycles. The average molecular weight is 322 g/mol. The standard InChI is InChI=1S/C15H20BrN3/c1-10-7-13(16)6-5-12(10)8-14-11(2)19(4)15(18-14)9-17-3/h5-7,17H,8-9H2,1-4H3. The van der Waals surface area contributed by atoms with Crippen LogP contribution in [-0.2, 0) is 20.0 Å². The molecule has 0 aliphatic rings. The molecule has 0 atom stereocenters. The van der Waals surface area contributed by atoms with E-state index >= 15 is 0 Å². The third-order valence-corrected chi connectivity index (χ3v) is 4.06. The first kappa shape index (κ1) is 14.3. The van der Waals surface area contributed by atoms with Gasteiger partial charge < -0.3 is 9.88 Å².